The Bertz CT molecular complexity index is 539. The highest BCUT2D eigenvalue weighted by atomic mass is 32.1. The van der Waals surface area contributed by atoms with Crippen LogP contribution in [0, 0.1) is 11.3 Å². The summed E-state index contributed by atoms with van der Waals surface area (Å²) in [6.45, 7) is 0. The van der Waals surface area contributed by atoms with Crippen LogP contribution in [0.4, 0.5) is 5.82 Å². The zero-order valence-electron chi connectivity index (χ0n) is 8.46. The predicted octanol–water partition coefficient (Wildman–Crippen LogP) is 1.76. The van der Waals surface area contributed by atoms with Crippen molar-refractivity contribution < 1.29 is 0 Å². The second-order valence-corrected chi connectivity index (χ2v) is 3.54. The molecule has 0 spiro atoms. The van der Waals surface area contributed by atoms with Crippen LogP contribution < -0.4 is 5.73 Å². The molecule has 2 rings (SSSR count). The van der Waals surface area contributed by atoms with E-state index in [1.54, 1.807) is 4.68 Å². The molecule has 1 heterocycles. The summed E-state index contributed by atoms with van der Waals surface area (Å²) in [6.07, 6.45) is 0. The SMILES string of the molecule is N#Cc1c(CS)nn(-c2ccccc2)c1N. The second-order valence-electron chi connectivity index (χ2n) is 3.22. The molecular weight excluding hydrogens is 220 g/mol. The average molecular weight is 230 g/mol. The van der Waals surface area contributed by atoms with Crippen LogP contribution in [-0.4, -0.2) is 9.78 Å². The monoisotopic (exact) mass is 230 g/mol. The van der Waals surface area contributed by atoms with Gasteiger partial charge in [-0.05, 0) is 12.1 Å². The van der Waals surface area contributed by atoms with Gasteiger partial charge in [0.2, 0.25) is 0 Å². The molecule has 0 aliphatic heterocycles. The van der Waals surface area contributed by atoms with Gasteiger partial charge >= 0.3 is 0 Å². The first-order chi connectivity index (χ1) is 7.77. The van der Waals surface area contributed by atoms with Gasteiger partial charge in [0.05, 0.1) is 11.4 Å². The minimum atomic E-state index is 0.359. The Balaban J connectivity index is 2.60. The Hall–Kier alpha value is -1.93. The molecule has 0 amide bonds. The number of nitrogens with two attached hydrogens (primary N) is 1. The maximum absolute atomic E-state index is 8.97. The van der Waals surface area contributed by atoms with Gasteiger partial charge in [0.25, 0.3) is 0 Å². The van der Waals surface area contributed by atoms with Crippen molar-refractivity contribution in [2.75, 3.05) is 5.73 Å². The van der Waals surface area contributed by atoms with E-state index < -0.39 is 0 Å². The quantitative estimate of drug-likeness (QED) is 0.772. The van der Waals surface area contributed by atoms with Crippen molar-refractivity contribution in [2.24, 2.45) is 0 Å². The number of para-hydroxylation sites is 1. The molecule has 0 radical (unpaired) electrons. The summed E-state index contributed by atoms with van der Waals surface area (Å²) in [5.41, 5.74) is 7.71. The molecule has 0 fully saturated rings. The van der Waals surface area contributed by atoms with E-state index in [1.165, 1.54) is 0 Å². The minimum Gasteiger partial charge on any atom is -0.382 e. The Morgan fingerprint density at radius 2 is 2.06 bits per heavy atom. The minimum absolute atomic E-state index is 0.359. The standard InChI is InChI=1S/C11H10N4S/c12-6-9-10(7-16)14-15(11(9)13)8-4-2-1-3-5-8/h1-5,16H,7,13H2. The number of hydrogen-bond acceptors (Lipinski definition) is 4. The van der Waals surface area contributed by atoms with E-state index in [-0.39, 0.29) is 0 Å². The number of nitrogen functional groups attached to an aromatic ring is 1. The van der Waals surface area contributed by atoms with Gasteiger partial charge in [0.1, 0.15) is 17.5 Å². The number of rotatable bonds is 2. The van der Waals surface area contributed by atoms with Crippen molar-refractivity contribution in [3.63, 3.8) is 0 Å². The Morgan fingerprint density at radius 3 is 2.56 bits per heavy atom. The van der Waals surface area contributed by atoms with Gasteiger partial charge in [-0.15, -0.1) is 0 Å². The van der Waals surface area contributed by atoms with E-state index in [9.17, 15) is 0 Å². The fraction of sp³-hybridized carbons (Fsp3) is 0.0909. The summed E-state index contributed by atoms with van der Waals surface area (Å²) < 4.78 is 1.56. The van der Waals surface area contributed by atoms with E-state index >= 15 is 0 Å². The highest BCUT2D eigenvalue weighted by Gasteiger charge is 2.14. The molecule has 2 aromatic rings. The predicted molar refractivity (Wildman–Crippen MR) is 65.4 cm³/mol. The topological polar surface area (TPSA) is 67.6 Å². The number of aromatic nitrogens is 2. The van der Waals surface area contributed by atoms with Gasteiger partial charge in [-0.2, -0.15) is 23.0 Å². The van der Waals surface area contributed by atoms with Crippen molar-refractivity contribution >= 4 is 18.4 Å². The lowest BCUT2D eigenvalue weighted by Gasteiger charge is -2.02. The molecule has 0 aliphatic carbocycles. The number of nitrogens with zero attached hydrogens (tertiary/aromatic N) is 3. The number of anilines is 1. The maximum atomic E-state index is 8.97. The number of benzene rings is 1. The van der Waals surface area contributed by atoms with Gasteiger partial charge < -0.3 is 5.73 Å². The van der Waals surface area contributed by atoms with Gasteiger partial charge in [-0.25, -0.2) is 4.68 Å². The van der Waals surface area contributed by atoms with Crippen molar-refractivity contribution in [3.05, 3.63) is 41.6 Å². The van der Waals surface area contributed by atoms with Crippen molar-refractivity contribution in [2.45, 2.75) is 5.75 Å². The van der Waals surface area contributed by atoms with Crippen molar-refractivity contribution in [3.8, 4) is 11.8 Å². The largest absolute Gasteiger partial charge is 0.382 e. The Morgan fingerprint density at radius 1 is 1.38 bits per heavy atom. The van der Waals surface area contributed by atoms with Crippen LogP contribution in [0.5, 0.6) is 0 Å². The molecule has 1 aromatic heterocycles. The van der Waals surface area contributed by atoms with E-state index in [0.29, 0.717) is 22.8 Å². The molecule has 0 saturated carbocycles. The summed E-state index contributed by atoms with van der Waals surface area (Å²) >= 11 is 4.12. The molecule has 2 N–H and O–H groups in total. The van der Waals surface area contributed by atoms with Gasteiger partial charge in [-0.3, -0.25) is 0 Å². The van der Waals surface area contributed by atoms with Crippen molar-refractivity contribution in [1.29, 1.82) is 5.26 Å². The van der Waals surface area contributed by atoms with Crippen molar-refractivity contribution in [1.82, 2.24) is 9.78 Å². The first-order valence-corrected chi connectivity index (χ1v) is 5.35. The number of nitriles is 1. The molecule has 0 unspecified atom stereocenters. The maximum Gasteiger partial charge on any atom is 0.145 e. The van der Waals surface area contributed by atoms with Crippen LogP contribution in [-0.2, 0) is 5.75 Å². The summed E-state index contributed by atoms with van der Waals surface area (Å²) in [5, 5.41) is 13.2. The molecule has 1 aromatic carbocycles. The molecule has 16 heavy (non-hydrogen) atoms. The van der Waals surface area contributed by atoms with E-state index in [0.717, 1.165) is 5.69 Å². The Labute approximate surface area is 98.7 Å². The number of hydrogen-bond donors (Lipinski definition) is 2. The van der Waals surface area contributed by atoms with Gasteiger partial charge in [0, 0.05) is 5.75 Å². The van der Waals surface area contributed by atoms with E-state index in [4.69, 9.17) is 11.0 Å². The van der Waals surface area contributed by atoms with Crippen LogP contribution in [0.3, 0.4) is 0 Å². The van der Waals surface area contributed by atoms with Crippen LogP contribution in [0.15, 0.2) is 30.3 Å². The summed E-state index contributed by atoms with van der Waals surface area (Å²) in [6, 6.07) is 11.5. The third kappa shape index (κ3) is 1.64. The summed E-state index contributed by atoms with van der Waals surface area (Å²) in [7, 11) is 0. The average Bonchev–Trinajstić information content (AvgIpc) is 2.66. The zero-order valence-corrected chi connectivity index (χ0v) is 9.35. The van der Waals surface area contributed by atoms with Crippen LogP contribution in [0.1, 0.15) is 11.3 Å². The van der Waals surface area contributed by atoms with Gasteiger partial charge in [-0.1, -0.05) is 18.2 Å². The number of thiol groups is 1. The van der Waals surface area contributed by atoms with Crippen LogP contribution in [0.25, 0.3) is 5.69 Å². The highest BCUT2D eigenvalue weighted by molar-refractivity contribution is 7.79. The van der Waals surface area contributed by atoms with E-state index in [1.807, 2.05) is 36.4 Å². The lowest BCUT2D eigenvalue weighted by atomic mass is 10.2. The molecule has 0 aliphatic rings. The molecule has 0 bridgehead atoms. The Kier molecular flexibility index (Phi) is 2.84. The lowest BCUT2D eigenvalue weighted by Crippen LogP contribution is -2.02. The van der Waals surface area contributed by atoms with E-state index in [2.05, 4.69) is 17.7 Å². The smallest absolute Gasteiger partial charge is 0.145 e. The first-order valence-electron chi connectivity index (χ1n) is 4.71. The molecule has 0 saturated heterocycles. The summed E-state index contributed by atoms with van der Waals surface area (Å²) in [5.74, 6) is 0.755. The fourth-order valence-electron chi connectivity index (χ4n) is 1.48. The van der Waals surface area contributed by atoms with Crippen LogP contribution >= 0.6 is 12.6 Å². The highest BCUT2D eigenvalue weighted by Crippen LogP contribution is 2.21. The molecule has 80 valence electrons. The molecule has 0 atom stereocenters. The fourth-order valence-corrected chi connectivity index (χ4v) is 1.70. The molecule has 4 nitrogen and oxygen atoms in total. The second kappa shape index (κ2) is 4.29. The third-order valence-corrected chi connectivity index (χ3v) is 2.56. The molecule has 5 heteroatoms. The van der Waals surface area contributed by atoms with Crippen LogP contribution in [0.2, 0.25) is 0 Å². The molecular formula is C11H10N4S. The first kappa shape index (κ1) is 10.6. The lowest BCUT2D eigenvalue weighted by molar-refractivity contribution is 0.869. The normalized spacial score (nSPS) is 10.0. The summed E-state index contributed by atoms with van der Waals surface area (Å²) in [4.78, 5) is 0. The third-order valence-electron chi connectivity index (χ3n) is 2.26. The van der Waals surface area contributed by atoms with Gasteiger partial charge in [0.15, 0.2) is 0 Å². The zero-order chi connectivity index (χ0) is 11.5.